The Bertz CT molecular complexity index is 415. The summed E-state index contributed by atoms with van der Waals surface area (Å²) in [6.07, 6.45) is 0. The lowest BCUT2D eigenvalue weighted by Crippen LogP contribution is -2.22. The molecule has 0 amide bonds. The van der Waals surface area contributed by atoms with E-state index >= 15 is 0 Å². The van der Waals surface area contributed by atoms with Gasteiger partial charge in [-0.05, 0) is 18.1 Å². The predicted octanol–water partition coefficient (Wildman–Crippen LogP) is 2.92. The number of rotatable bonds is 3. The number of fused-ring (bicyclic) bond motifs is 1. The van der Waals surface area contributed by atoms with E-state index in [-0.39, 0.29) is 0 Å². The van der Waals surface area contributed by atoms with Crippen LogP contribution in [0.15, 0.2) is 28.7 Å². The molecule has 80 valence electrons. The Balaban J connectivity index is 2.28. The number of benzene rings is 1. The summed E-state index contributed by atoms with van der Waals surface area (Å²) in [5.74, 6) is 0.602. The lowest BCUT2D eigenvalue weighted by Gasteiger charge is -2.16. The highest BCUT2D eigenvalue weighted by Gasteiger charge is 2.10. The van der Waals surface area contributed by atoms with E-state index in [4.69, 9.17) is 4.42 Å². The van der Waals surface area contributed by atoms with Gasteiger partial charge in [0.05, 0.1) is 0 Å². The Labute approximate surface area is 89.7 Å². The Morgan fingerprint density at radius 3 is 2.73 bits per heavy atom. The van der Waals surface area contributed by atoms with Gasteiger partial charge < -0.3 is 9.32 Å². The summed E-state index contributed by atoms with van der Waals surface area (Å²) in [5.41, 5.74) is 1.77. The van der Waals surface area contributed by atoms with Crippen LogP contribution in [0.1, 0.15) is 13.8 Å². The molecular weight excluding hydrogens is 188 g/mol. The number of aromatic nitrogens is 1. The molecule has 0 aliphatic rings. The smallest absolute Gasteiger partial charge is 0.298 e. The lowest BCUT2D eigenvalue weighted by molar-refractivity contribution is 0.550. The molecule has 0 aliphatic heterocycles. The summed E-state index contributed by atoms with van der Waals surface area (Å²) >= 11 is 0. The zero-order valence-electron chi connectivity index (χ0n) is 9.40. The first-order chi connectivity index (χ1) is 7.16. The molecule has 0 saturated heterocycles. The standard InChI is InChI=1S/C12H16N2O/c1-9(2)8-14(3)12-13-10-6-4-5-7-11(10)15-12/h4-7,9H,8H2,1-3H3. The van der Waals surface area contributed by atoms with E-state index in [0.717, 1.165) is 17.6 Å². The first kappa shape index (κ1) is 10.0. The molecule has 0 radical (unpaired) electrons. The van der Waals surface area contributed by atoms with E-state index in [1.165, 1.54) is 0 Å². The Hall–Kier alpha value is -1.51. The molecule has 0 spiro atoms. The molecule has 3 heteroatoms. The van der Waals surface area contributed by atoms with Gasteiger partial charge in [-0.15, -0.1) is 0 Å². The van der Waals surface area contributed by atoms with Crippen molar-refractivity contribution in [3.63, 3.8) is 0 Å². The van der Waals surface area contributed by atoms with Gasteiger partial charge in [-0.25, -0.2) is 0 Å². The van der Waals surface area contributed by atoms with Crippen LogP contribution >= 0.6 is 0 Å². The van der Waals surface area contributed by atoms with Gasteiger partial charge in [-0.2, -0.15) is 4.98 Å². The van der Waals surface area contributed by atoms with Crippen molar-refractivity contribution in [1.29, 1.82) is 0 Å². The topological polar surface area (TPSA) is 29.3 Å². The highest BCUT2D eigenvalue weighted by Crippen LogP contribution is 2.20. The van der Waals surface area contributed by atoms with E-state index in [1.807, 2.05) is 36.2 Å². The third-order valence-electron chi connectivity index (χ3n) is 2.25. The minimum atomic E-state index is 0.602. The van der Waals surface area contributed by atoms with Gasteiger partial charge in [-0.3, -0.25) is 0 Å². The zero-order chi connectivity index (χ0) is 10.8. The van der Waals surface area contributed by atoms with Crippen LogP contribution in [0.25, 0.3) is 11.1 Å². The first-order valence-corrected chi connectivity index (χ1v) is 5.23. The van der Waals surface area contributed by atoms with Gasteiger partial charge in [0, 0.05) is 13.6 Å². The fourth-order valence-electron chi connectivity index (χ4n) is 1.65. The normalized spacial score (nSPS) is 11.2. The molecule has 1 aromatic heterocycles. The SMILES string of the molecule is CC(C)CN(C)c1nc2ccccc2o1. The summed E-state index contributed by atoms with van der Waals surface area (Å²) in [6, 6.07) is 8.53. The predicted molar refractivity (Wildman–Crippen MR) is 62.1 cm³/mol. The molecule has 3 nitrogen and oxygen atoms in total. The molecule has 15 heavy (non-hydrogen) atoms. The van der Waals surface area contributed by atoms with Crippen LogP contribution in [0.5, 0.6) is 0 Å². The van der Waals surface area contributed by atoms with Crippen LogP contribution in [0.2, 0.25) is 0 Å². The summed E-state index contributed by atoms with van der Waals surface area (Å²) < 4.78 is 5.65. The molecule has 0 atom stereocenters. The third-order valence-corrected chi connectivity index (χ3v) is 2.25. The third kappa shape index (κ3) is 2.12. The van der Waals surface area contributed by atoms with Gasteiger partial charge in [0.25, 0.3) is 6.01 Å². The molecular formula is C12H16N2O. The van der Waals surface area contributed by atoms with E-state index in [2.05, 4.69) is 18.8 Å². The summed E-state index contributed by atoms with van der Waals surface area (Å²) in [4.78, 5) is 6.47. The van der Waals surface area contributed by atoms with Crippen molar-refractivity contribution in [3.05, 3.63) is 24.3 Å². The molecule has 0 saturated carbocycles. The second kappa shape index (κ2) is 3.93. The fraction of sp³-hybridized carbons (Fsp3) is 0.417. The molecule has 1 aromatic carbocycles. The Morgan fingerprint density at radius 2 is 2.07 bits per heavy atom. The van der Waals surface area contributed by atoms with Crippen molar-refractivity contribution in [1.82, 2.24) is 4.98 Å². The molecule has 0 aliphatic carbocycles. The van der Waals surface area contributed by atoms with Crippen molar-refractivity contribution in [2.75, 3.05) is 18.5 Å². The molecule has 0 bridgehead atoms. The monoisotopic (exact) mass is 204 g/mol. The van der Waals surface area contributed by atoms with Crippen molar-refractivity contribution < 1.29 is 4.42 Å². The van der Waals surface area contributed by atoms with Crippen molar-refractivity contribution in [3.8, 4) is 0 Å². The second-order valence-corrected chi connectivity index (χ2v) is 4.24. The van der Waals surface area contributed by atoms with Gasteiger partial charge >= 0.3 is 0 Å². The largest absolute Gasteiger partial charge is 0.423 e. The quantitative estimate of drug-likeness (QED) is 0.769. The number of hydrogen-bond acceptors (Lipinski definition) is 3. The minimum absolute atomic E-state index is 0.602. The molecule has 0 fully saturated rings. The van der Waals surface area contributed by atoms with E-state index < -0.39 is 0 Å². The van der Waals surface area contributed by atoms with E-state index in [1.54, 1.807) is 0 Å². The summed E-state index contributed by atoms with van der Waals surface area (Å²) in [6.45, 7) is 5.31. The molecule has 1 heterocycles. The van der Waals surface area contributed by atoms with Crippen LogP contribution in [-0.2, 0) is 0 Å². The molecule has 0 N–H and O–H groups in total. The summed E-state index contributed by atoms with van der Waals surface area (Å²) in [7, 11) is 2.00. The number of para-hydroxylation sites is 2. The maximum Gasteiger partial charge on any atom is 0.298 e. The Morgan fingerprint density at radius 1 is 1.33 bits per heavy atom. The van der Waals surface area contributed by atoms with E-state index in [0.29, 0.717) is 11.9 Å². The Kier molecular flexibility index (Phi) is 2.62. The molecule has 2 aromatic rings. The zero-order valence-corrected chi connectivity index (χ0v) is 9.40. The maximum absolute atomic E-state index is 5.65. The number of oxazole rings is 1. The van der Waals surface area contributed by atoms with Gasteiger partial charge in [0.2, 0.25) is 0 Å². The van der Waals surface area contributed by atoms with E-state index in [9.17, 15) is 0 Å². The number of anilines is 1. The van der Waals surface area contributed by atoms with Gasteiger partial charge in [0.15, 0.2) is 5.58 Å². The number of hydrogen-bond donors (Lipinski definition) is 0. The average molecular weight is 204 g/mol. The number of nitrogens with zero attached hydrogens (tertiary/aromatic N) is 2. The average Bonchev–Trinajstić information content (AvgIpc) is 2.59. The maximum atomic E-state index is 5.65. The van der Waals surface area contributed by atoms with Crippen LogP contribution in [0, 0.1) is 5.92 Å². The first-order valence-electron chi connectivity index (χ1n) is 5.23. The van der Waals surface area contributed by atoms with Crippen LogP contribution < -0.4 is 4.90 Å². The lowest BCUT2D eigenvalue weighted by atomic mass is 10.2. The van der Waals surface area contributed by atoms with Crippen molar-refractivity contribution in [2.24, 2.45) is 5.92 Å². The van der Waals surface area contributed by atoms with Crippen LogP contribution in [0.3, 0.4) is 0 Å². The second-order valence-electron chi connectivity index (χ2n) is 4.24. The van der Waals surface area contributed by atoms with Crippen LogP contribution in [0.4, 0.5) is 6.01 Å². The van der Waals surface area contributed by atoms with Crippen molar-refractivity contribution >= 4 is 17.1 Å². The molecule has 2 rings (SSSR count). The molecule has 0 unspecified atom stereocenters. The van der Waals surface area contributed by atoms with Crippen LogP contribution in [-0.4, -0.2) is 18.6 Å². The van der Waals surface area contributed by atoms with Crippen molar-refractivity contribution in [2.45, 2.75) is 13.8 Å². The summed E-state index contributed by atoms with van der Waals surface area (Å²) in [5, 5.41) is 0. The van der Waals surface area contributed by atoms with Gasteiger partial charge in [0.1, 0.15) is 5.52 Å². The highest BCUT2D eigenvalue weighted by molar-refractivity contribution is 5.74. The fourth-order valence-corrected chi connectivity index (χ4v) is 1.65. The minimum Gasteiger partial charge on any atom is -0.423 e. The van der Waals surface area contributed by atoms with Gasteiger partial charge in [-0.1, -0.05) is 26.0 Å². The highest BCUT2D eigenvalue weighted by atomic mass is 16.4.